The lowest BCUT2D eigenvalue weighted by molar-refractivity contribution is 1.09. The van der Waals surface area contributed by atoms with Crippen LogP contribution in [0.5, 0.6) is 0 Å². The summed E-state index contributed by atoms with van der Waals surface area (Å²) in [6, 6.07) is 8.10. The number of hydrogen-bond acceptors (Lipinski definition) is 2. The predicted molar refractivity (Wildman–Crippen MR) is 71.7 cm³/mol. The van der Waals surface area contributed by atoms with Gasteiger partial charge >= 0.3 is 0 Å². The summed E-state index contributed by atoms with van der Waals surface area (Å²) >= 11 is 0. The van der Waals surface area contributed by atoms with Gasteiger partial charge in [-0.25, -0.2) is 0 Å². The Labute approximate surface area is 102 Å². The molecule has 2 aromatic rings. The molecule has 0 N–H and O–H groups in total. The molecule has 0 aliphatic rings. The first-order valence-electron chi connectivity index (χ1n) is 5.80. The third-order valence-electron chi connectivity index (χ3n) is 2.78. The van der Waals surface area contributed by atoms with E-state index in [1.807, 2.05) is 37.4 Å². The van der Waals surface area contributed by atoms with Gasteiger partial charge in [0.25, 0.3) is 0 Å². The second kappa shape index (κ2) is 4.91. The molecule has 0 spiro atoms. The molecule has 2 aromatic heterocycles. The lowest BCUT2D eigenvalue weighted by Crippen LogP contribution is -1.97. The van der Waals surface area contributed by atoms with Crippen molar-refractivity contribution in [3.05, 3.63) is 53.9 Å². The number of aryl methyl sites for hydroxylation is 2. The van der Waals surface area contributed by atoms with Crippen molar-refractivity contribution in [3.63, 3.8) is 0 Å². The number of nitrogens with zero attached hydrogens (tertiary/aromatic N) is 2. The monoisotopic (exact) mass is 224 g/mol. The van der Waals surface area contributed by atoms with Crippen molar-refractivity contribution in [3.8, 4) is 11.4 Å². The quantitative estimate of drug-likeness (QED) is 0.795. The first-order valence-corrected chi connectivity index (χ1v) is 5.80. The first kappa shape index (κ1) is 11.5. The molecule has 0 aromatic carbocycles. The molecule has 0 amide bonds. The highest BCUT2D eigenvalue weighted by atomic mass is 14.8. The second-order valence-corrected chi connectivity index (χ2v) is 3.96. The van der Waals surface area contributed by atoms with Crippen LogP contribution in [0.1, 0.15) is 23.7 Å². The first-order chi connectivity index (χ1) is 8.26. The molecule has 0 aliphatic carbocycles. The van der Waals surface area contributed by atoms with E-state index in [-0.39, 0.29) is 0 Å². The van der Waals surface area contributed by atoms with Crippen LogP contribution in [0.2, 0.25) is 0 Å². The highest BCUT2D eigenvalue weighted by Gasteiger charge is 2.10. The Morgan fingerprint density at radius 1 is 1.24 bits per heavy atom. The Balaban J connectivity index is 2.66. The van der Waals surface area contributed by atoms with Gasteiger partial charge in [-0.2, -0.15) is 0 Å². The van der Waals surface area contributed by atoms with E-state index in [4.69, 9.17) is 0 Å². The van der Waals surface area contributed by atoms with Crippen molar-refractivity contribution in [1.82, 2.24) is 9.97 Å². The third-order valence-corrected chi connectivity index (χ3v) is 2.78. The van der Waals surface area contributed by atoms with Crippen LogP contribution < -0.4 is 0 Å². The van der Waals surface area contributed by atoms with Crippen molar-refractivity contribution < 1.29 is 0 Å². The molecular formula is C15H16N2. The zero-order valence-corrected chi connectivity index (χ0v) is 10.3. The number of aromatic nitrogens is 2. The topological polar surface area (TPSA) is 25.8 Å². The Morgan fingerprint density at radius 2 is 2.06 bits per heavy atom. The Morgan fingerprint density at radius 3 is 2.76 bits per heavy atom. The minimum absolute atomic E-state index is 0.928. The maximum atomic E-state index is 4.59. The van der Waals surface area contributed by atoms with Crippen LogP contribution in [0.3, 0.4) is 0 Å². The maximum absolute atomic E-state index is 4.59. The fraction of sp³-hybridized carbons (Fsp3) is 0.200. The van der Waals surface area contributed by atoms with E-state index in [9.17, 15) is 0 Å². The Hall–Kier alpha value is -1.96. The normalized spacial score (nSPS) is 10.2. The largest absolute Gasteiger partial charge is 0.254 e. The number of rotatable bonds is 3. The zero-order valence-electron chi connectivity index (χ0n) is 10.3. The van der Waals surface area contributed by atoms with E-state index in [0.29, 0.717) is 0 Å². The van der Waals surface area contributed by atoms with Crippen LogP contribution in [0.25, 0.3) is 17.5 Å². The summed E-state index contributed by atoms with van der Waals surface area (Å²) in [6.07, 6.45) is 4.59. The summed E-state index contributed by atoms with van der Waals surface area (Å²) in [5.41, 5.74) is 5.14. The van der Waals surface area contributed by atoms with Crippen LogP contribution in [0.4, 0.5) is 0 Å². The average Bonchev–Trinajstić information content (AvgIpc) is 2.38. The summed E-state index contributed by atoms with van der Waals surface area (Å²) in [7, 11) is 0. The van der Waals surface area contributed by atoms with E-state index in [1.54, 1.807) is 0 Å². The summed E-state index contributed by atoms with van der Waals surface area (Å²) in [6.45, 7) is 7.95. The molecule has 2 rings (SSSR count). The van der Waals surface area contributed by atoms with Crippen molar-refractivity contribution in [1.29, 1.82) is 0 Å². The lowest BCUT2D eigenvalue weighted by atomic mass is 10.0. The van der Waals surface area contributed by atoms with Crippen LogP contribution in [0, 0.1) is 6.92 Å². The van der Waals surface area contributed by atoms with Gasteiger partial charge in [-0.3, -0.25) is 9.97 Å². The van der Waals surface area contributed by atoms with E-state index >= 15 is 0 Å². The lowest BCUT2D eigenvalue weighted by Gasteiger charge is -2.09. The smallest absolute Gasteiger partial charge is 0.0964 e. The molecule has 2 nitrogen and oxygen atoms in total. The Kier molecular flexibility index (Phi) is 3.33. The molecule has 17 heavy (non-hydrogen) atoms. The van der Waals surface area contributed by atoms with Gasteiger partial charge in [0.1, 0.15) is 0 Å². The van der Waals surface area contributed by atoms with Gasteiger partial charge in [0.2, 0.25) is 0 Å². The maximum Gasteiger partial charge on any atom is 0.0964 e. The molecule has 0 saturated heterocycles. The summed E-state index contributed by atoms with van der Waals surface area (Å²) in [4.78, 5) is 9.05. The highest BCUT2D eigenvalue weighted by Crippen LogP contribution is 2.24. The zero-order chi connectivity index (χ0) is 12.3. The van der Waals surface area contributed by atoms with Crippen molar-refractivity contribution in [2.24, 2.45) is 0 Å². The molecule has 0 bridgehead atoms. The summed E-state index contributed by atoms with van der Waals surface area (Å²) in [5, 5.41) is 0. The molecule has 0 unspecified atom stereocenters. The van der Waals surface area contributed by atoms with Crippen LogP contribution in [-0.4, -0.2) is 9.97 Å². The molecule has 86 valence electrons. The fourth-order valence-corrected chi connectivity index (χ4v) is 1.86. The van der Waals surface area contributed by atoms with Gasteiger partial charge in [-0.05, 0) is 31.0 Å². The fourth-order valence-electron chi connectivity index (χ4n) is 1.86. The van der Waals surface area contributed by atoms with Gasteiger partial charge in [-0.15, -0.1) is 0 Å². The molecule has 2 heteroatoms. The van der Waals surface area contributed by atoms with Crippen molar-refractivity contribution >= 4 is 6.08 Å². The minimum atomic E-state index is 0.928. The van der Waals surface area contributed by atoms with Crippen LogP contribution in [-0.2, 0) is 6.42 Å². The Bertz CT molecular complexity index is 544. The average molecular weight is 224 g/mol. The molecular weight excluding hydrogens is 208 g/mol. The van der Waals surface area contributed by atoms with E-state index in [2.05, 4.69) is 29.5 Å². The molecule has 0 atom stereocenters. The molecule has 0 radical (unpaired) electrons. The molecule has 0 saturated carbocycles. The number of hydrogen-bond donors (Lipinski definition) is 0. The van der Waals surface area contributed by atoms with Crippen molar-refractivity contribution in [2.45, 2.75) is 20.3 Å². The van der Waals surface area contributed by atoms with Gasteiger partial charge in [0.05, 0.1) is 11.4 Å². The molecule has 2 heterocycles. The van der Waals surface area contributed by atoms with E-state index in [1.165, 1.54) is 5.56 Å². The summed E-state index contributed by atoms with van der Waals surface area (Å²) < 4.78 is 0. The van der Waals surface area contributed by atoms with Crippen LogP contribution >= 0.6 is 0 Å². The molecule has 0 aliphatic heterocycles. The van der Waals surface area contributed by atoms with E-state index in [0.717, 1.165) is 29.1 Å². The van der Waals surface area contributed by atoms with Gasteiger partial charge in [0.15, 0.2) is 0 Å². The van der Waals surface area contributed by atoms with Gasteiger partial charge in [-0.1, -0.05) is 31.7 Å². The third kappa shape index (κ3) is 2.26. The van der Waals surface area contributed by atoms with Crippen molar-refractivity contribution in [2.75, 3.05) is 0 Å². The number of pyridine rings is 2. The predicted octanol–water partition coefficient (Wildman–Crippen LogP) is 3.66. The molecule has 0 fully saturated rings. The van der Waals surface area contributed by atoms with Crippen LogP contribution in [0.15, 0.2) is 37.0 Å². The SMILES string of the molecule is C=Cc1ccc(C)nc1-c1ncccc1CC. The minimum Gasteiger partial charge on any atom is -0.254 e. The second-order valence-electron chi connectivity index (χ2n) is 3.96. The van der Waals surface area contributed by atoms with E-state index < -0.39 is 0 Å². The highest BCUT2D eigenvalue weighted by molar-refractivity contribution is 5.71. The summed E-state index contributed by atoms with van der Waals surface area (Å²) in [5.74, 6) is 0. The van der Waals surface area contributed by atoms with Gasteiger partial charge < -0.3 is 0 Å². The standard InChI is InChI=1S/C15H16N2/c1-4-12-7-6-10-16-14(12)15-13(5-2)9-8-11(3)17-15/h5-10H,2,4H2,1,3H3. The van der Waals surface area contributed by atoms with Gasteiger partial charge in [0, 0.05) is 17.5 Å².